The Morgan fingerprint density at radius 2 is 1.79 bits per heavy atom. The first kappa shape index (κ1) is 19.6. The molecule has 144 valence electrons. The maximum absolute atomic E-state index is 12.9. The SMILES string of the molecule is Cc1cc(NC(=O)c2ccc(CSCC(=O)Nc3ccc(F)cc3)cc2)no1. The molecule has 8 heteroatoms. The van der Waals surface area contributed by atoms with E-state index in [4.69, 9.17) is 4.52 Å². The molecule has 0 aliphatic carbocycles. The molecule has 0 fully saturated rings. The van der Waals surface area contributed by atoms with Crippen LogP contribution in [0.4, 0.5) is 15.9 Å². The lowest BCUT2D eigenvalue weighted by Gasteiger charge is -2.06. The number of aromatic nitrogens is 1. The second-order valence-electron chi connectivity index (χ2n) is 6.02. The summed E-state index contributed by atoms with van der Waals surface area (Å²) < 4.78 is 17.8. The topological polar surface area (TPSA) is 84.2 Å². The maximum atomic E-state index is 12.9. The maximum Gasteiger partial charge on any atom is 0.256 e. The van der Waals surface area contributed by atoms with Gasteiger partial charge in [-0.25, -0.2) is 4.39 Å². The van der Waals surface area contributed by atoms with Crippen LogP contribution < -0.4 is 10.6 Å². The van der Waals surface area contributed by atoms with Gasteiger partial charge in [0.15, 0.2) is 5.82 Å². The Balaban J connectivity index is 1.44. The lowest BCUT2D eigenvalue weighted by atomic mass is 10.1. The molecule has 0 atom stereocenters. The molecule has 2 aromatic carbocycles. The fourth-order valence-electron chi connectivity index (χ4n) is 2.36. The molecular weight excluding hydrogens is 381 g/mol. The van der Waals surface area contributed by atoms with Crippen molar-refractivity contribution in [2.45, 2.75) is 12.7 Å². The molecule has 6 nitrogen and oxygen atoms in total. The van der Waals surface area contributed by atoms with Gasteiger partial charge >= 0.3 is 0 Å². The minimum absolute atomic E-state index is 0.157. The van der Waals surface area contributed by atoms with Crippen molar-refractivity contribution in [2.24, 2.45) is 0 Å². The van der Waals surface area contributed by atoms with E-state index >= 15 is 0 Å². The number of rotatable bonds is 7. The normalized spacial score (nSPS) is 10.5. The molecule has 0 spiro atoms. The summed E-state index contributed by atoms with van der Waals surface area (Å²) in [5, 5.41) is 9.09. The van der Waals surface area contributed by atoms with Crippen LogP contribution in [-0.2, 0) is 10.5 Å². The van der Waals surface area contributed by atoms with Crippen molar-refractivity contribution in [3.8, 4) is 0 Å². The number of halogens is 1. The first-order chi connectivity index (χ1) is 13.5. The average Bonchev–Trinajstić information content (AvgIpc) is 3.09. The minimum atomic E-state index is -0.347. The van der Waals surface area contributed by atoms with Crippen LogP contribution in [0.3, 0.4) is 0 Å². The van der Waals surface area contributed by atoms with Crippen molar-refractivity contribution >= 4 is 35.1 Å². The summed E-state index contributed by atoms with van der Waals surface area (Å²) in [5.41, 5.74) is 2.06. The Kier molecular flexibility index (Phi) is 6.44. The Labute approximate surface area is 165 Å². The largest absolute Gasteiger partial charge is 0.360 e. The Bertz CT molecular complexity index is 956. The molecule has 3 rings (SSSR count). The number of amides is 2. The van der Waals surface area contributed by atoms with Crippen LogP contribution in [-0.4, -0.2) is 22.7 Å². The van der Waals surface area contributed by atoms with Gasteiger partial charge in [-0.2, -0.15) is 0 Å². The zero-order valence-corrected chi connectivity index (χ0v) is 15.9. The molecule has 0 bridgehead atoms. The zero-order chi connectivity index (χ0) is 19.9. The average molecular weight is 399 g/mol. The lowest BCUT2D eigenvalue weighted by Crippen LogP contribution is -2.14. The fourth-order valence-corrected chi connectivity index (χ4v) is 3.15. The molecule has 2 amide bonds. The van der Waals surface area contributed by atoms with E-state index in [0.717, 1.165) is 5.56 Å². The number of carbonyl (C=O) groups excluding carboxylic acids is 2. The highest BCUT2D eigenvalue weighted by atomic mass is 32.2. The monoisotopic (exact) mass is 399 g/mol. The summed E-state index contributed by atoms with van der Waals surface area (Å²) in [4.78, 5) is 24.1. The van der Waals surface area contributed by atoms with Gasteiger partial charge in [0, 0.05) is 23.1 Å². The predicted molar refractivity (Wildman–Crippen MR) is 107 cm³/mol. The van der Waals surface area contributed by atoms with Crippen molar-refractivity contribution in [3.05, 3.63) is 77.3 Å². The molecule has 0 unspecified atom stereocenters. The molecule has 0 saturated carbocycles. The van der Waals surface area contributed by atoms with Gasteiger partial charge in [0.2, 0.25) is 5.91 Å². The van der Waals surface area contributed by atoms with Crippen LogP contribution >= 0.6 is 11.8 Å². The summed E-state index contributed by atoms with van der Waals surface area (Å²) in [6.45, 7) is 1.75. The number of aryl methyl sites for hydroxylation is 1. The number of nitrogens with one attached hydrogen (secondary N) is 2. The summed E-state index contributed by atoms with van der Waals surface area (Å²) in [6.07, 6.45) is 0. The number of benzene rings is 2. The number of nitrogens with zero attached hydrogens (tertiary/aromatic N) is 1. The molecule has 0 aliphatic rings. The Hall–Kier alpha value is -3.13. The van der Waals surface area contributed by atoms with Crippen LogP contribution in [0, 0.1) is 12.7 Å². The molecule has 1 heterocycles. The molecular formula is C20H18FN3O3S. The van der Waals surface area contributed by atoms with Crippen LogP contribution in [0.1, 0.15) is 21.7 Å². The van der Waals surface area contributed by atoms with Crippen LogP contribution in [0.25, 0.3) is 0 Å². The van der Waals surface area contributed by atoms with E-state index in [1.165, 1.54) is 36.0 Å². The van der Waals surface area contributed by atoms with E-state index in [1.54, 1.807) is 25.1 Å². The Morgan fingerprint density at radius 3 is 2.43 bits per heavy atom. The highest BCUT2D eigenvalue weighted by Crippen LogP contribution is 2.16. The second kappa shape index (κ2) is 9.18. The van der Waals surface area contributed by atoms with E-state index in [0.29, 0.717) is 28.6 Å². The van der Waals surface area contributed by atoms with Crippen molar-refractivity contribution in [3.63, 3.8) is 0 Å². The molecule has 1 aromatic heterocycles. The Morgan fingerprint density at radius 1 is 1.07 bits per heavy atom. The zero-order valence-electron chi connectivity index (χ0n) is 15.1. The highest BCUT2D eigenvalue weighted by Gasteiger charge is 2.09. The van der Waals surface area contributed by atoms with Gasteiger partial charge in [-0.05, 0) is 48.9 Å². The number of carbonyl (C=O) groups is 2. The summed E-state index contributed by atoms with van der Waals surface area (Å²) in [5.74, 6) is 1.11. The van der Waals surface area contributed by atoms with Crippen molar-refractivity contribution < 1.29 is 18.5 Å². The number of hydrogen-bond donors (Lipinski definition) is 2. The van der Waals surface area contributed by atoms with Gasteiger partial charge in [0.05, 0.1) is 5.75 Å². The number of anilines is 2. The molecule has 28 heavy (non-hydrogen) atoms. The highest BCUT2D eigenvalue weighted by molar-refractivity contribution is 7.99. The standard InChI is InChI=1S/C20H18FN3O3S/c1-13-10-18(24-27-13)23-20(26)15-4-2-14(3-5-15)11-28-12-19(25)22-17-8-6-16(21)7-9-17/h2-10H,11-12H2,1H3,(H,22,25)(H,23,24,26). The van der Waals surface area contributed by atoms with E-state index in [-0.39, 0.29) is 23.4 Å². The smallest absolute Gasteiger partial charge is 0.256 e. The summed E-state index contributed by atoms with van der Waals surface area (Å²) >= 11 is 1.45. The quantitative estimate of drug-likeness (QED) is 0.621. The molecule has 0 aliphatic heterocycles. The molecule has 0 saturated heterocycles. The van der Waals surface area contributed by atoms with E-state index in [9.17, 15) is 14.0 Å². The lowest BCUT2D eigenvalue weighted by molar-refractivity contribution is -0.113. The third-order valence-electron chi connectivity index (χ3n) is 3.72. The van der Waals surface area contributed by atoms with Crippen LogP contribution in [0.2, 0.25) is 0 Å². The molecule has 2 N–H and O–H groups in total. The van der Waals surface area contributed by atoms with Gasteiger partial charge < -0.3 is 15.2 Å². The van der Waals surface area contributed by atoms with Crippen molar-refractivity contribution in [1.29, 1.82) is 0 Å². The summed E-state index contributed by atoms with van der Waals surface area (Å²) in [6, 6.07) is 14.4. The number of thioether (sulfide) groups is 1. The van der Waals surface area contributed by atoms with Gasteiger partial charge in [0.25, 0.3) is 5.91 Å². The third kappa shape index (κ3) is 5.68. The first-order valence-electron chi connectivity index (χ1n) is 8.46. The van der Waals surface area contributed by atoms with Crippen molar-refractivity contribution in [1.82, 2.24) is 5.16 Å². The molecule has 3 aromatic rings. The number of hydrogen-bond acceptors (Lipinski definition) is 5. The minimum Gasteiger partial charge on any atom is -0.360 e. The second-order valence-corrected chi connectivity index (χ2v) is 7.01. The van der Waals surface area contributed by atoms with E-state index < -0.39 is 0 Å². The van der Waals surface area contributed by atoms with E-state index in [2.05, 4.69) is 15.8 Å². The third-order valence-corrected chi connectivity index (χ3v) is 4.72. The van der Waals surface area contributed by atoms with Gasteiger partial charge in [-0.3, -0.25) is 9.59 Å². The molecule has 0 radical (unpaired) electrons. The van der Waals surface area contributed by atoms with E-state index in [1.807, 2.05) is 12.1 Å². The predicted octanol–water partition coefficient (Wildman–Crippen LogP) is 4.25. The first-order valence-corrected chi connectivity index (χ1v) is 9.62. The van der Waals surface area contributed by atoms with Gasteiger partial charge in [-0.15, -0.1) is 11.8 Å². The van der Waals surface area contributed by atoms with Gasteiger partial charge in [-0.1, -0.05) is 17.3 Å². The van der Waals surface area contributed by atoms with Crippen LogP contribution in [0.5, 0.6) is 0 Å². The van der Waals surface area contributed by atoms with Crippen molar-refractivity contribution in [2.75, 3.05) is 16.4 Å². The summed E-state index contributed by atoms with van der Waals surface area (Å²) in [7, 11) is 0. The fraction of sp³-hybridized carbons (Fsp3) is 0.150. The van der Waals surface area contributed by atoms with Gasteiger partial charge in [0.1, 0.15) is 11.6 Å². The van der Waals surface area contributed by atoms with Crippen LogP contribution in [0.15, 0.2) is 59.1 Å².